The van der Waals surface area contributed by atoms with Crippen LogP contribution in [-0.4, -0.2) is 6.54 Å². The number of hydrogen-bond donors (Lipinski definition) is 1. The average Bonchev–Trinajstić information content (AvgIpc) is 2.41. The number of rotatable bonds is 4. The smallest absolute Gasteiger partial charge is 0.131 e. The molecule has 2 nitrogen and oxygen atoms in total. The van der Waals surface area contributed by atoms with E-state index in [9.17, 15) is 0 Å². The van der Waals surface area contributed by atoms with Gasteiger partial charge in [-0.3, -0.25) is 0 Å². The van der Waals surface area contributed by atoms with Crippen molar-refractivity contribution in [3.63, 3.8) is 0 Å². The number of hydrogen-bond acceptors (Lipinski definition) is 2. The van der Waals surface area contributed by atoms with E-state index < -0.39 is 0 Å². The van der Waals surface area contributed by atoms with Crippen LogP contribution < -0.4 is 10.5 Å². The van der Waals surface area contributed by atoms with Gasteiger partial charge in [-0.15, -0.1) is 0 Å². The van der Waals surface area contributed by atoms with Crippen molar-refractivity contribution in [2.45, 2.75) is 32.6 Å². The van der Waals surface area contributed by atoms with Gasteiger partial charge in [0.2, 0.25) is 0 Å². The minimum Gasteiger partial charge on any atom is -0.457 e. The molecule has 0 bridgehead atoms. The second kappa shape index (κ2) is 6.63. The SMILES string of the molecule is CC(C)(C)c1cccc(Oc2cc(Br)ccc2CCN)c1. The third kappa shape index (κ3) is 4.32. The van der Waals surface area contributed by atoms with Gasteiger partial charge in [0.15, 0.2) is 0 Å². The van der Waals surface area contributed by atoms with E-state index in [2.05, 4.69) is 54.9 Å². The lowest BCUT2D eigenvalue weighted by Crippen LogP contribution is -2.10. The molecule has 0 saturated carbocycles. The monoisotopic (exact) mass is 347 g/mol. The molecule has 2 rings (SSSR count). The summed E-state index contributed by atoms with van der Waals surface area (Å²) in [5.74, 6) is 1.72. The van der Waals surface area contributed by atoms with E-state index in [1.807, 2.05) is 24.3 Å². The highest BCUT2D eigenvalue weighted by Gasteiger charge is 2.14. The first-order valence-corrected chi connectivity index (χ1v) is 7.96. The second-order valence-corrected chi connectivity index (χ2v) is 7.09. The summed E-state index contributed by atoms with van der Waals surface area (Å²) in [7, 11) is 0. The van der Waals surface area contributed by atoms with E-state index in [0.717, 1.165) is 28.0 Å². The Morgan fingerprint density at radius 2 is 1.86 bits per heavy atom. The minimum atomic E-state index is 0.108. The molecule has 0 radical (unpaired) electrons. The molecule has 21 heavy (non-hydrogen) atoms. The van der Waals surface area contributed by atoms with Crippen molar-refractivity contribution in [2.24, 2.45) is 5.73 Å². The molecule has 0 amide bonds. The van der Waals surface area contributed by atoms with Crippen LogP contribution in [0.3, 0.4) is 0 Å². The Kier molecular flexibility index (Phi) is 5.07. The van der Waals surface area contributed by atoms with E-state index in [0.29, 0.717) is 6.54 Å². The van der Waals surface area contributed by atoms with Gasteiger partial charge in [0, 0.05) is 4.47 Å². The Bertz CT molecular complexity index is 617. The number of halogens is 1. The fourth-order valence-corrected chi connectivity index (χ4v) is 2.48. The standard InChI is InChI=1S/C18H22BrNO/c1-18(2,3)14-5-4-6-16(11-14)21-17-12-15(19)8-7-13(17)9-10-20/h4-8,11-12H,9-10,20H2,1-3H3. The highest BCUT2D eigenvalue weighted by Crippen LogP contribution is 2.31. The Balaban J connectivity index is 2.32. The molecular formula is C18H22BrNO. The van der Waals surface area contributed by atoms with Crippen LogP contribution in [0.15, 0.2) is 46.9 Å². The highest BCUT2D eigenvalue weighted by atomic mass is 79.9. The van der Waals surface area contributed by atoms with Gasteiger partial charge in [0.05, 0.1) is 0 Å². The summed E-state index contributed by atoms with van der Waals surface area (Å²) in [6, 6.07) is 14.3. The maximum atomic E-state index is 6.09. The lowest BCUT2D eigenvalue weighted by molar-refractivity contribution is 0.472. The topological polar surface area (TPSA) is 35.2 Å². The summed E-state index contributed by atoms with van der Waals surface area (Å²) in [5, 5.41) is 0. The Morgan fingerprint density at radius 3 is 2.52 bits per heavy atom. The van der Waals surface area contributed by atoms with Gasteiger partial charge in [0.1, 0.15) is 11.5 Å². The van der Waals surface area contributed by atoms with Crippen LogP contribution in [0.5, 0.6) is 11.5 Å². The first-order chi connectivity index (χ1) is 9.90. The van der Waals surface area contributed by atoms with Crippen LogP contribution in [0.2, 0.25) is 0 Å². The van der Waals surface area contributed by atoms with Gasteiger partial charge >= 0.3 is 0 Å². The fraction of sp³-hybridized carbons (Fsp3) is 0.333. The van der Waals surface area contributed by atoms with Gasteiger partial charge in [-0.25, -0.2) is 0 Å². The van der Waals surface area contributed by atoms with Crippen molar-refractivity contribution in [1.82, 2.24) is 0 Å². The summed E-state index contributed by atoms with van der Waals surface area (Å²) >= 11 is 3.50. The second-order valence-electron chi connectivity index (χ2n) is 6.17. The Labute approximate surface area is 135 Å². The molecular weight excluding hydrogens is 326 g/mol. The van der Waals surface area contributed by atoms with Crippen LogP contribution in [0, 0.1) is 0 Å². The first-order valence-electron chi connectivity index (χ1n) is 7.17. The van der Waals surface area contributed by atoms with E-state index in [1.165, 1.54) is 5.56 Å². The van der Waals surface area contributed by atoms with Crippen molar-refractivity contribution < 1.29 is 4.74 Å². The molecule has 2 N–H and O–H groups in total. The Morgan fingerprint density at radius 1 is 1.10 bits per heavy atom. The van der Waals surface area contributed by atoms with E-state index in [4.69, 9.17) is 10.5 Å². The molecule has 2 aromatic carbocycles. The molecule has 0 aliphatic rings. The van der Waals surface area contributed by atoms with Crippen LogP contribution in [-0.2, 0) is 11.8 Å². The molecule has 0 saturated heterocycles. The van der Waals surface area contributed by atoms with Crippen molar-refractivity contribution in [3.05, 3.63) is 58.1 Å². The van der Waals surface area contributed by atoms with Gasteiger partial charge < -0.3 is 10.5 Å². The summed E-state index contributed by atoms with van der Waals surface area (Å²) < 4.78 is 7.10. The van der Waals surface area contributed by atoms with Crippen molar-refractivity contribution in [2.75, 3.05) is 6.54 Å². The van der Waals surface area contributed by atoms with Crippen LogP contribution in [0.1, 0.15) is 31.9 Å². The maximum absolute atomic E-state index is 6.09. The highest BCUT2D eigenvalue weighted by molar-refractivity contribution is 9.10. The number of nitrogens with two attached hydrogens (primary N) is 1. The van der Waals surface area contributed by atoms with Gasteiger partial charge in [-0.1, -0.05) is 54.9 Å². The van der Waals surface area contributed by atoms with Gasteiger partial charge in [0.25, 0.3) is 0 Å². The van der Waals surface area contributed by atoms with Crippen molar-refractivity contribution in [3.8, 4) is 11.5 Å². The Hall–Kier alpha value is -1.32. The summed E-state index contributed by atoms with van der Waals surface area (Å²) in [6.07, 6.45) is 0.807. The number of benzene rings is 2. The quantitative estimate of drug-likeness (QED) is 0.840. The normalized spacial score (nSPS) is 11.5. The van der Waals surface area contributed by atoms with E-state index in [-0.39, 0.29) is 5.41 Å². The molecule has 0 aromatic heterocycles. The van der Waals surface area contributed by atoms with Gasteiger partial charge in [-0.2, -0.15) is 0 Å². The lowest BCUT2D eigenvalue weighted by atomic mass is 9.87. The molecule has 0 unspecified atom stereocenters. The zero-order valence-electron chi connectivity index (χ0n) is 12.8. The fourth-order valence-electron chi connectivity index (χ4n) is 2.14. The summed E-state index contributed by atoms with van der Waals surface area (Å²) in [4.78, 5) is 0. The molecule has 2 aromatic rings. The molecule has 0 aliphatic heterocycles. The van der Waals surface area contributed by atoms with Crippen molar-refractivity contribution in [1.29, 1.82) is 0 Å². The third-order valence-corrected chi connectivity index (χ3v) is 3.86. The van der Waals surface area contributed by atoms with E-state index >= 15 is 0 Å². The van der Waals surface area contributed by atoms with Crippen LogP contribution >= 0.6 is 15.9 Å². The average molecular weight is 348 g/mol. The predicted molar refractivity (Wildman–Crippen MR) is 92.1 cm³/mol. The molecule has 0 fully saturated rings. The minimum absolute atomic E-state index is 0.108. The van der Waals surface area contributed by atoms with E-state index in [1.54, 1.807) is 0 Å². The lowest BCUT2D eigenvalue weighted by Gasteiger charge is -2.20. The van der Waals surface area contributed by atoms with Crippen molar-refractivity contribution >= 4 is 15.9 Å². The third-order valence-electron chi connectivity index (χ3n) is 3.37. The molecule has 0 spiro atoms. The van der Waals surface area contributed by atoms with Crippen LogP contribution in [0.25, 0.3) is 0 Å². The van der Waals surface area contributed by atoms with Crippen LogP contribution in [0.4, 0.5) is 0 Å². The molecule has 0 atom stereocenters. The molecule has 0 heterocycles. The molecule has 0 aliphatic carbocycles. The zero-order chi connectivity index (χ0) is 15.5. The summed E-state index contributed by atoms with van der Waals surface area (Å²) in [6.45, 7) is 7.21. The predicted octanol–water partition coefficient (Wildman–Crippen LogP) is 5.04. The molecule has 3 heteroatoms. The number of ether oxygens (including phenoxy) is 1. The zero-order valence-corrected chi connectivity index (χ0v) is 14.4. The molecule has 112 valence electrons. The maximum Gasteiger partial charge on any atom is 0.131 e. The summed E-state index contributed by atoms with van der Waals surface area (Å²) in [5.41, 5.74) is 8.17. The van der Waals surface area contributed by atoms with Gasteiger partial charge in [-0.05, 0) is 53.8 Å². The first kappa shape index (κ1) is 16.1. The largest absolute Gasteiger partial charge is 0.457 e.